The SMILES string of the molecule is CC(C)(C)OC(=S)n1c(CCC(=O)N2CCC(c3cnc4n3CCCC4)CC2)nc2cc(Cl)ccc21. The number of rotatable bonds is 4. The summed E-state index contributed by atoms with van der Waals surface area (Å²) in [5.74, 6) is 2.58. The second-order valence-corrected chi connectivity index (χ2v) is 11.6. The number of aryl methyl sites for hydroxylation is 2. The van der Waals surface area contributed by atoms with Gasteiger partial charge in [0.1, 0.15) is 17.2 Å². The van der Waals surface area contributed by atoms with E-state index < -0.39 is 5.60 Å². The molecular weight excluding hydrogens is 494 g/mol. The van der Waals surface area contributed by atoms with Crippen LogP contribution in [0.25, 0.3) is 11.0 Å². The molecule has 1 amide bonds. The van der Waals surface area contributed by atoms with Gasteiger partial charge in [-0.25, -0.2) is 9.97 Å². The summed E-state index contributed by atoms with van der Waals surface area (Å²) in [5, 5.41) is 0.944. The van der Waals surface area contributed by atoms with Crippen molar-refractivity contribution in [1.82, 2.24) is 24.0 Å². The van der Waals surface area contributed by atoms with Gasteiger partial charge in [-0.15, -0.1) is 0 Å². The van der Waals surface area contributed by atoms with Crippen LogP contribution in [0.4, 0.5) is 0 Å². The number of hydrogen-bond donors (Lipinski definition) is 0. The Kier molecular flexibility index (Phi) is 7.10. The van der Waals surface area contributed by atoms with Crippen LogP contribution in [0.2, 0.25) is 5.02 Å². The Morgan fingerprint density at radius 2 is 1.97 bits per heavy atom. The Bertz CT molecular complexity index is 1280. The molecular formula is C27H34ClN5O2S. The summed E-state index contributed by atoms with van der Waals surface area (Å²) in [4.78, 5) is 24.6. The maximum absolute atomic E-state index is 13.2. The molecule has 0 bridgehead atoms. The smallest absolute Gasteiger partial charge is 0.270 e. The molecule has 1 aromatic carbocycles. The quantitative estimate of drug-likeness (QED) is 0.419. The van der Waals surface area contributed by atoms with Crippen LogP contribution in [0.5, 0.6) is 0 Å². The Morgan fingerprint density at radius 1 is 1.19 bits per heavy atom. The number of ether oxygens (including phenoxy) is 1. The molecule has 0 N–H and O–H groups in total. The fourth-order valence-corrected chi connectivity index (χ4v) is 5.97. The van der Waals surface area contributed by atoms with Crippen LogP contribution in [-0.4, -0.2) is 53.8 Å². The molecule has 36 heavy (non-hydrogen) atoms. The minimum Gasteiger partial charge on any atom is -0.465 e. The molecule has 2 aromatic heterocycles. The molecule has 0 saturated carbocycles. The number of amides is 1. The van der Waals surface area contributed by atoms with E-state index in [2.05, 4.69) is 15.7 Å². The first-order chi connectivity index (χ1) is 17.2. The molecule has 0 radical (unpaired) electrons. The molecule has 1 fully saturated rings. The zero-order valence-corrected chi connectivity index (χ0v) is 22.9. The second kappa shape index (κ2) is 10.1. The Hall–Kier alpha value is -2.45. The fourth-order valence-electron chi connectivity index (χ4n) is 5.35. The largest absolute Gasteiger partial charge is 0.465 e. The van der Waals surface area contributed by atoms with Crippen molar-refractivity contribution in [2.24, 2.45) is 0 Å². The summed E-state index contributed by atoms with van der Waals surface area (Å²) in [5.41, 5.74) is 2.50. The minimum absolute atomic E-state index is 0.156. The van der Waals surface area contributed by atoms with Gasteiger partial charge >= 0.3 is 0 Å². The number of carbonyl (C=O) groups excluding carboxylic acids is 1. The van der Waals surface area contributed by atoms with Crippen LogP contribution >= 0.6 is 23.8 Å². The first-order valence-electron chi connectivity index (χ1n) is 12.9. The normalized spacial score (nSPS) is 16.8. The third kappa shape index (κ3) is 5.30. The maximum Gasteiger partial charge on any atom is 0.270 e. The number of carbonyl (C=O) groups is 1. The Morgan fingerprint density at radius 3 is 2.72 bits per heavy atom. The summed E-state index contributed by atoms with van der Waals surface area (Å²) in [6.07, 6.45) is 8.44. The molecule has 9 heteroatoms. The predicted octanol–water partition coefficient (Wildman–Crippen LogP) is 5.51. The van der Waals surface area contributed by atoms with E-state index in [4.69, 9.17) is 33.5 Å². The number of nitrogens with zero attached hydrogens (tertiary/aromatic N) is 5. The van der Waals surface area contributed by atoms with Crippen molar-refractivity contribution >= 4 is 45.9 Å². The van der Waals surface area contributed by atoms with Gasteiger partial charge in [-0.3, -0.25) is 9.36 Å². The number of likely N-dealkylation sites (tertiary alicyclic amines) is 1. The van der Waals surface area contributed by atoms with E-state index in [-0.39, 0.29) is 5.91 Å². The van der Waals surface area contributed by atoms with E-state index >= 15 is 0 Å². The lowest BCUT2D eigenvalue weighted by atomic mass is 9.93. The molecule has 0 spiro atoms. The molecule has 2 aliphatic rings. The molecule has 4 heterocycles. The van der Waals surface area contributed by atoms with Gasteiger partial charge in [0, 0.05) is 61.7 Å². The van der Waals surface area contributed by atoms with Crippen LogP contribution < -0.4 is 0 Å². The number of thiocarbonyl (C=S) groups is 1. The van der Waals surface area contributed by atoms with E-state index in [1.54, 1.807) is 0 Å². The minimum atomic E-state index is -0.438. The van der Waals surface area contributed by atoms with Gasteiger partial charge in [0.15, 0.2) is 0 Å². The maximum atomic E-state index is 13.2. The van der Waals surface area contributed by atoms with Crippen molar-refractivity contribution in [2.75, 3.05) is 13.1 Å². The first kappa shape index (κ1) is 25.2. The van der Waals surface area contributed by atoms with Gasteiger partial charge in [0.25, 0.3) is 5.17 Å². The summed E-state index contributed by atoms with van der Waals surface area (Å²) in [7, 11) is 0. The van der Waals surface area contributed by atoms with Crippen LogP contribution in [-0.2, 0) is 28.9 Å². The van der Waals surface area contributed by atoms with Crippen molar-refractivity contribution in [1.29, 1.82) is 0 Å². The highest BCUT2D eigenvalue weighted by Crippen LogP contribution is 2.31. The summed E-state index contributed by atoms with van der Waals surface area (Å²) < 4.78 is 10.3. The molecule has 5 rings (SSSR count). The van der Waals surface area contributed by atoms with E-state index in [0.29, 0.717) is 29.0 Å². The average Bonchev–Trinajstić information content (AvgIpc) is 3.42. The zero-order valence-electron chi connectivity index (χ0n) is 21.3. The van der Waals surface area contributed by atoms with Crippen LogP contribution in [0.3, 0.4) is 0 Å². The number of aromatic nitrogens is 4. The van der Waals surface area contributed by atoms with Crippen LogP contribution in [0, 0.1) is 0 Å². The van der Waals surface area contributed by atoms with Gasteiger partial charge in [-0.2, -0.15) is 0 Å². The number of benzene rings is 1. The van der Waals surface area contributed by atoms with Crippen LogP contribution in [0.1, 0.15) is 76.1 Å². The monoisotopic (exact) mass is 527 g/mol. The lowest BCUT2D eigenvalue weighted by molar-refractivity contribution is -0.132. The lowest BCUT2D eigenvalue weighted by Gasteiger charge is -2.33. The third-order valence-corrected chi connectivity index (χ3v) is 7.59. The molecule has 0 unspecified atom stereocenters. The number of halogens is 1. The number of piperidine rings is 1. The Balaban J connectivity index is 1.25. The molecule has 0 aliphatic carbocycles. The standard InChI is InChI=1S/C27H34ClN5O2S/c1-27(2,3)35-26(36)33-21-8-7-19(28)16-20(21)30-24(33)9-10-25(34)31-14-11-18(12-15-31)22-17-29-23-6-4-5-13-32(22)23/h7-8,16-18H,4-6,9-15H2,1-3H3. The molecule has 192 valence electrons. The van der Waals surface area contributed by atoms with E-state index in [1.807, 2.05) is 48.4 Å². The number of fused-ring (bicyclic) bond motifs is 2. The molecule has 3 aromatic rings. The van der Waals surface area contributed by atoms with Gasteiger partial charge in [0.2, 0.25) is 5.91 Å². The molecule has 0 atom stereocenters. The number of imidazole rings is 2. The third-order valence-electron chi connectivity index (χ3n) is 7.09. The van der Waals surface area contributed by atoms with Gasteiger partial charge in [-0.05, 0) is 76.9 Å². The van der Waals surface area contributed by atoms with Crippen molar-refractivity contribution in [3.63, 3.8) is 0 Å². The van der Waals surface area contributed by atoms with E-state index in [0.717, 1.165) is 55.8 Å². The van der Waals surface area contributed by atoms with E-state index in [9.17, 15) is 4.79 Å². The second-order valence-electron chi connectivity index (χ2n) is 10.8. The first-order valence-corrected chi connectivity index (χ1v) is 13.7. The van der Waals surface area contributed by atoms with Gasteiger partial charge < -0.3 is 14.2 Å². The fraction of sp³-hybridized carbons (Fsp3) is 0.556. The zero-order chi connectivity index (χ0) is 25.4. The summed E-state index contributed by atoms with van der Waals surface area (Å²) in [6, 6.07) is 5.53. The predicted molar refractivity (Wildman–Crippen MR) is 146 cm³/mol. The highest BCUT2D eigenvalue weighted by Gasteiger charge is 2.28. The number of hydrogen-bond acceptors (Lipinski definition) is 5. The Labute approximate surface area is 222 Å². The van der Waals surface area contributed by atoms with Crippen molar-refractivity contribution in [3.05, 3.63) is 46.8 Å². The summed E-state index contributed by atoms with van der Waals surface area (Å²) >= 11 is 11.8. The van der Waals surface area contributed by atoms with Crippen molar-refractivity contribution in [3.8, 4) is 0 Å². The average molecular weight is 528 g/mol. The lowest BCUT2D eigenvalue weighted by Crippen LogP contribution is -2.38. The topological polar surface area (TPSA) is 65.2 Å². The highest BCUT2D eigenvalue weighted by atomic mass is 35.5. The van der Waals surface area contributed by atoms with Crippen molar-refractivity contribution in [2.45, 2.75) is 83.8 Å². The van der Waals surface area contributed by atoms with Gasteiger partial charge in [-0.1, -0.05) is 11.6 Å². The van der Waals surface area contributed by atoms with Gasteiger partial charge in [0.05, 0.1) is 11.0 Å². The molecule has 2 aliphatic heterocycles. The highest BCUT2D eigenvalue weighted by molar-refractivity contribution is 7.80. The van der Waals surface area contributed by atoms with Crippen molar-refractivity contribution < 1.29 is 9.53 Å². The molecule has 1 saturated heterocycles. The van der Waals surface area contributed by atoms with Crippen LogP contribution in [0.15, 0.2) is 24.4 Å². The van der Waals surface area contributed by atoms with E-state index in [1.165, 1.54) is 24.4 Å². The summed E-state index contributed by atoms with van der Waals surface area (Å²) in [6.45, 7) is 8.52. The molecule has 7 nitrogen and oxygen atoms in total.